The molecule has 1 aliphatic rings. The van der Waals surface area contributed by atoms with Crippen LogP contribution in [0.15, 0.2) is 71.1 Å². The number of nitrogens with one attached hydrogen (secondary N) is 2. The normalized spacial score (nSPS) is 14.4. The summed E-state index contributed by atoms with van der Waals surface area (Å²) in [5.74, 6) is -0.306. The van der Waals surface area contributed by atoms with Crippen molar-refractivity contribution in [1.82, 2.24) is 10.6 Å². The highest BCUT2D eigenvalue weighted by atomic mass is 16.5. The van der Waals surface area contributed by atoms with Crippen LogP contribution in [0.5, 0.6) is 17.2 Å². The van der Waals surface area contributed by atoms with Gasteiger partial charge in [-0.05, 0) is 44.2 Å². The number of hydrogen-bond donors (Lipinski definition) is 3. The lowest BCUT2D eigenvalue weighted by molar-refractivity contribution is -0.137. The smallest absolute Gasteiger partial charge is 0.336 e. The van der Waals surface area contributed by atoms with Crippen molar-refractivity contribution in [1.29, 1.82) is 0 Å². The topological polar surface area (TPSA) is 125 Å². The van der Waals surface area contributed by atoms with Crippen LogP contribution in [0.1, 0.15) is 25.3 Å². The van der Waals surface area contributed by atoms with Crippen molar-refractivity contribution < 1.29 is 38.4 Å². The third-order valence-corrected chi connectivity index (χ3v) is 6.20. The summed E-state index contributed by atoms with van der Waals surface area (Å²) < 4.78 is 27.2. The Bertz CT molecular complexity index is 1170. The average Bonchev–Trinajstić information content (AvgIpc) is 2.95. The SMILES string of the molecule is COC(=O)C1=C(C)NC(C)=C(C(=O)OC)C1c1cc(OC)ccc1OCCNCC(O)COc1ccccc1. The zero-order valence-electron chi connectivity index (χ0n) is 22.9. The Labute approximate surface area is 228 Å². The van der Waals surface area contributed by atoms with Crippen LogP contribution >= 0.6 is 0 Å². The number of benzene rings is 2. The number of rotatable bonds is 13. The summed E-state index contributed by atoms with van der Waals surface area (Å²) in [6.07, 6.45) is -0.706. The number of hydrogen-bond acceptors (Lipinski definition) is 10. The fourth-order valence-corrected chi connectivity index (χ4v) is 4.35. The van der Waals surface area contributed by atoms with Gasteiger partial charge >= 0.3 is 11.9 Å². The summed E-state index contributed by atoms with van der Waals surface area (Å²) in [5, 5.41) is 16.4. The minimum absolute atomic E-state index is 0.153. The minimum atomic E-state index is -0.818. The van der Waals surface area contributed by atoms with Gasteiger partial charge in [0.25, 0.3) is 0 Å². The molecule has 0 amide bonds. The van der Waals surface area contributed by atoms with Crippen LogP contribution in [0.4, 0.5) is 0 Å². The maximum absolute atomic E-state index is 12.9. The fraction of sp³-hybridized carbons (Fsp3) is 0.379. The second kappa shape index (κ2) is 14.2. The number of ether oxygens (including phenoxy) is 5. The number of carbonyl (C=O) groups excluding carboxylic acids is 2. The van der Waals surface area contributed by atoms with E-state index in [1.807, 2.05) is 30.3 Å². The first-order chi connectivity index (χ1) is 18.8. The summed E-state index contributed by atoms with van der Waals surface area (Å²) in [7, 11) is 4.11. The molecule has 3 N–H and O–H groups in total. The van der Waals surface area contributed by atoms with Crippen molar-refractivity contribution in [2.75, 3.05) is 47.6 Å². The predicted molar refractivity (Wildman–Crippen MR) is 145 cm³/mol. The molecule has 2 aromatic rings. The summed E-state index contributed by atoms with van der Waals surface area (Å²) in [6, 6.07) is 14.5. The summed E-state index contributed by atoms with van der Waals surface area (Å²) >= 11 is 0. The second-order valence-electron chi connectivity index (χ2n) is 8.85. The Kier molecular flexibility index (Phi) is 10.8. The number of dihydropyridines is 1. The van der Waals surface area contributed by atoms with Gasteiger partial charge in [0.15, 0.2) is 0 Å². The molecular weight excluding hydrogens is 504 g/mol. The van der Waals surface area contributed by atoms with Crippen LogP contribution in [0, 0.1) is 0 Å². The molecule has 1 unspecified atom stereocenters. The lowest BCUT2D eigenvalue weighted by atomic mass is 9.80. The van der Waals surface area contributed by atoms with Crippen LogP contribution in [-0.2, 0) is 19.1 Å². The van der Waals surface area contributed by atoms with Gasteiger partial charge in [-0.25, -0.2) is 9.59 Å². The molecule has 0 aromatic heterocycles. The molecule has 39 heavy (non-hydrogen) atoms. The van der Waals surface area contributed by atoms with Gasteiger partial charge in [0.05, 0.1) is 38.4 Å². The highest BCUT2D eigenvalue weighted by molar-refractivity contribution is 6.00. The van der Waals surface area contributed by atoms with E-state index in [1.165, 1.54) is 21.3 Å². The number of para-hydroxylation sites is 1. The first-order valence-corrected chi connectivity index (χ1v) is 12.5. The number of methoxy groups -OCH3 is 3. The fourth-order valence-electron chi connectivity index (χ4n) is 4.35. The molecule has 10 nitrogen and oxygen atoms in total. The third-order valence-electron chi connectivity index (χ3n) is 6.20. The quantitative estimate of drug-likeness (QED) is 0.258. The maximum atomic E-state index is 12.9. The molecule has 1 aliphatic heterocycles. The van der Waals surface area contributed by atoms with Crippen LogP contribution in [0.3, 0.4) is 0 Å². The molecule has 1 heterocycles. The number of allylic oxidation sites excluding steroid dienone is 2. The van der Waals surface area contributed by atoms with E-state index in [0.717, 1.165) is 0 Å². The van der Waals surface area contributed by atoms with E-state index >= 15 is 0 Å². The molecule has 0 fully saturated rings. The number of aliphatic hydroxyl groups excluding tert-OH is 1. The molecule has 210 valence electrons. The summed E-state index contributed by atoms with van der Waals surface area (Å²) in [6.45, 7) is 4.63. The van der Waals surface area contributed by atoms with Crippen molar-refractivity contribution in [3.8, 4) is 17.2 Å². The lowest BCUT2D eigenvalue weighted by Crippen LogP contribution is -2.34. The zero-order chi connectivity index (χ0) is 28.4. The minimum Gasteiger partial charge on any atom is -0.497 e. The van der Waals surface area contributed by atoms with Gasteiger partial charge in [-0.15, -0.1) is 0 Å². The Morgan fingerprint density at radius 3 is 2.15 bits per heavy atom. The van der Waals surface area contributed by atoms with Gasteiger partial charge in [0, 0.05) is 30.0 Å². The largest absolute Gasteiger partial charge is 0.497 e. The van der Waals surface area contributed by atoms with E-state index in [-0.39, 0.29) is 24.4 Å². The van der Waals surface area contributed by atoms with E-state index in [0.29, 0.717) is 47.3 Å². The van der Waals surface area contributed by atoms with Gasteiger partial charge in [0.2, 0.25) is 0 Å². The van der Waals surface area contributed by atoms with E-state index in [9.17, 15) is 14.7 Å². The molecule has 2 aromatic carbocycles. The first-order valence-electron chi connectivity index (χ1n) is 12.5. The third kappa shape index (κ3) is 7.52. The highest BCUT2D eigenvalue weighted by Gasteiger charge is 2.39. The number of carbonyl (C=O) groups is 2. The molecule has 1 atom stereocenters. The summed E-state index contributed by atoms with van der Waals surface area (Å²) in [4.78, 5) is 25.8. The maximum Gasteiger partial charge on any atom is 0.336 e. The second-order valence-corrected chi connectivity index (χ2v) is 8.85. The van der Waals surface area contributed by atoms with Gasteiger partial charge in [-0.2, -0.15) is 0 Å². The molecule has 0 spiro atoms. The number of aliphatic hydroxyl groups is 1. The molecule has 3 rings (SSSR count). The Balaban J connectivity index is 1.76. The van der Waals surface area contributed by atoms with Crippen molar-refractivity contribution in [2.24, 2.45) is 0 Å². The molecule has 0 radical (unpaired) electrons. The standard InChI is InChI=1S/C29H36N2O8/c1-18-25(28(33)36-4)27(26(19(2)31-18)29(34)37-5)23-15-22(35-3)11-12-24(23)38-14-13-30-16-20(32)17-39-21-9-7-6-8-10-21/h6-12,15,20,27,30-32H,13-14,16-17H2,1-5H3. The first kappa shape index (κ1) is 29.5. The Hall–Kier alpha value is -4.02. The highest BCUT2D eigenvalue weighted by Crippen LogP contribution is 2.44. The van der Waals surface area contributed by atoms with Crippen LogP contribution in [-0.4, -0.2) is 70.8 Å². The monoisotopic (exact) mass is 540 g/mol. The Morgan fingerprint density at radius 1 is 0.923 bits per heavy atom. The van der Waals surface area contributed by atoms with Crippen molar-refractivity contribution >= 4 is 11.9 Å². The van der Waals surface area contributed by atoms with Crippen LogP contribution < -0.4 is 24.8 Å². The molecule has 0 aliphatic carbocycles. The van der Waals surface area contributed by atoms with Gasteiger partial charge in [-0.3, -0.25) is 0 Å². The van der Waals surface area contributed by atoms with Crippen molar-refractivity contribution in [2.45, 2.75) is 25.9 Å². The molecule has 0 saturated heterocycles. The molecule has 0 bridgehead atoms. The van der Waals surface area contributed by atoms with E-state index < -0.39 is 24.0 Å². The van der Waals surface area contributed by atoms with Gasteiger partial charge in [0.1, 0.15) is 36.6 Å². The van der Waals surface area contributed by atoms with Crippen LogP contribution in [0.25, 0.3) is 0 Å². The van der Waals surface area contributed by atoms with Gasteiger partial charge in [-0.1, -0.05) is 18.2 Å². The molecular formula is C29H36N2O8. The van der Waals surface area contributed by atoms with Gasteiger partial charge < -0.3 is 39.4 Å². The average molecular weight is 541 g/mol. The zero-order valence-corrected chi connectivity index (χ0v) is 22.9. The van der Waals surface area contributed by atoms with Crippen molar-refractivity contribution in [3.63, 3.8) is 0 Å². The van der Waals surface area contributed by atoms with Crippen LogP contribution in [0.2, 0.25) is 0 Å². The van der Waals surface area contributed by atoms with E-state index in [2.05, 4.69) is 10.6 Å². The number of esters is 2. The lowest BCUT2D eigenvalue weighted by Gasteiger charge is -2.31. The van der Waals surface area contributed by atoms with E-state index in [1.54, 1.807) is 32.0 Å². The molecule has 10 heteroatoms. The van der Waals surface area contributed by atoms with E-state index in [4.69, 9.17) is 23.7 Å². The Morgan fingerprint density at radius 2 is 1.56 bits per heavy atom. The summed E-state index contributed by atoms with van der Waals surface area (Å²) in [5.41, 5.74) is 2.19. The molecule has 0 saturated carbocycles. The predicted octanol–water partition coefficient (Wildman–Crippen LogP) is 2.68. The van der Waals surface area contributed by atoms with Crippen molar-refractivity contribution in [3.05, 3.63) is 76.6 Å².